The van der Waals surface area contributed by atoms with Gasteiger partial charge in [0.05, 0.1) is 0 Å². The van der Waals surface area contributed by atoms with Crippen LogP contribution >= 0.6 is 11.8 Å². The van der Waals surface area contributed by atoms with E-state index in [4.69, 9.17) is 0 Å². The number of thioether (sulfide) groups is 1. The second-order valence-electron chi connectivity index (χ2n) is 7.98. The van der Waals surface area contributed by atoms with Crippen molar-refractivity contribution in [1.82, 2.24) is 19.7 Å². The van der Waals surface area contributed by atoms with Crippen LogP contribution < -0.4 is 0 Å². The van der Waals surface area contributed by atoms with Crippen molar-refractivity contribution in [2.75, 3.05) is 18.8 Å². The van der Waals surface area contributed by atoms with Crippen LogP contribution in [0.1, 0.15) is 49.9 Å². The molecular weight excluding hydrogens is 404 g/mol. The summed E-state index contributed by atoms with van der Waals surface area (Å²) in [5.74, 6) is 2.20. The predicted molar refractivity (Wildman–Crippen MR) is 126 cm³/mol. The average Bonchev–Trinajstić information content (AvgIpc) is 3.22. The molecule has 0 radical (unpaired) electrons. The lowest BCUT2D eigenvalue weighted by atomic mass is 10.1. The first kappa shape index (κ1) is 21.6. The van der Waals surface area contributed by atoms with Gasteiger partial charge in [-0.3, -0.25) is 9.36 Å². The molecular formula is C25H30N4OS. The maximum Gasteiger partial charge on any atom is 0.222 e. The Morgan fingerprint density at radius 3 is 2.32 bits per heavy atom. The minimum Gasteiger partial charge on any atom is -0.343 e. The van der Waals surface area contributed by atoms with Crippen LogP contribution in [0.5, 0.6) is 0 Å². The number of hydrogen-bond acceptors (Lipinski definition) is 4. The van der Waals surface area contributed by atoms with E-state index in [0.717, 1.165) is 67.6 Å². The highest BCUT2D eigenvalue weighted by molar-refractivity contribution is 7.99. The van der Waals surface area contributed by atoms with Gasteiger partial charge in [-0.2, -0.15) is 0 Å². The third-order valence-electron chi connectivity index (χ3n) is 5.64. The fourth-order valence-corrected chi connectivity index (χ4v) is 4.94. The Morgan fingerprint density at radius 1 is 0.871 bits per heavy atom. The molecule has 2 heterocycles. The number of para-hydroxylation sites is 1. The highest BCUT2D eigenvalue weighted by Gasteiger charge is 2.17. The van der Waals surface area contributed by atoms with E-state index in [9.17, 15) is 4.79 Å². The van der Waals surface area contributed by atoms with Crippen LogP contribution in [0.3, 0.4) is 0 Å². The number of rotatable bonds is 9. The Hall–Kier alpha value is -2.60. The number of unbranched alkanes of at least 4 members (excludes halogenated alkanes) is 1. The number of benzene rings is 2. The first-order valence-corrected chi connectivity index (χ1v) is 12.2. The van der Waals surface area contributed by atoms with Gasteiger partial charge >= 0.3 is 0 Å². The molecule has 0 N–H and O–H groups in total. The molecule has 2 aromatic carbocycles. The Kier molecular flexibility index (Phi) is 7.77. The Morgan fingerprint density at radius 2 is 1.58 bits per heavy atom. The van der Waals surface area contributed by atoms with Crippen LogP contribution in [0.4, 0.5) is 0 Å². The molecule has 0 unspecified atom stereocenters. The molecule has 0 aliphatic carbocycles. The molecule has 0 bridgehead atoms. The first-order chi connectivity index (χ1) is 15.3. The predicted octanol–water partition coefficient (Wildman–Crippen LogP) is 5.13. The average molecular weight is 435 g/mol. The van der Waals surface area contributed by atoms with Gasteiger partial charge in [-0.15, -0.1) is 10.2 Å². The summed E-state index contributed by atoms with van der Waals surface area (Å²) < 4.78 is 2.16. The number of hydrogen-bond donors (Lipinski definition) is 0. The summed E-state index contributed by atoms with van der Waals surface area (Å²) in [7, 11) is 0. The second kappa shape index (κ2) is 11.1. The van der Waals surface area contributed by atoms with Crippen molar-refractivity contribution in [1.29, 1.82) is 0 Å². The quantitative estimate of drug-likeness (QED) is 0.346. The smallest absolute Gasteiger partial charge is 0.222 e. The minimum atomic E-state index is 0.322. The number of nitrogens with zero attached hydrogens (tertiary/aromatic N) is 4. The standard InChI is InChI=1S/C25H30N4OS/c30-24(28-17-9-3-10-18-28)16-8-11-19-31-25-27-26-23(20-21-12-4-1-5-13-21)29(25)22-14-6-2-7-15-22/h1-2,4-7,12-15H,3,8-11,16-20H2. The van der Waals surface area contributed by atoms with Gasteiger partial charge in [0.15, 0.2) is 5.16 Å². The topological polar surface area (TPSA) is 51.0 Å². The zero-order chi connectivity index (χ0) is 21.3. The lowest BCUT2D eigenvalue weighted by Crippen LogP contribution is -2.35. The highest BCUT2D eigenvalue weighted by Crippen LogP contribution is 2.24. The van der Waals surface area contributed by atoms with Crippen molar-refractivity contribution in [3.05, 3.63) is 72.1 Å². The fourth-order valence-electron chi connectivity index (χ4n) is 3.97. The van der Waals surface area contributed by atoms with Crippen LogP contribution in [0.15, 0.2) is 65.8 Å². The van der Waals surface area contributed by atoms with E-state index in [0.29, 0.717) is 12.3 Å². The lowest BCUT2D eigenvalue weighted by Gasteiger charge is -2.26. The van der Waals surface area contributed by atoms with Crippen LogP contribution in [-0.2, 0) is 11.2 Å². The van der Waals surface area contributed by atoms with Crippen LogP contribution in [0.2, 0.25) is 0 Å². The molecule has 31 heavy (non-hydrogen) atoms. The number of aromatic nitrogens is 3. The molecule has 0 saturated carbocycles. The summed E-state index contributed by atoms with van der Waals surface area (Å²) in [6, 6.07) is 20.7. The van der Waals surface area contributed by atoms with Crippen LogP contribution in [-0.4, -0.2) is 44.4 Å². The van der Waals surface area contributed by atoms with Gasteiger partial charge in [0.25, 0.3) is 0 Å². The maximum absolute atomic E-state index is 12.3. The van der Waals surface area contributed by atoms with Crippen molar-refractivity contribution < 1.29 is 4.79 Å². The molecule has 1 aliphatic heterocycles. The Balaban J connectivity index is 1.36. The Labute approximate surface area is 188 Å². The summed E-state index contributed by atoms with van der Waals surface area (Å²) in [6.45, 7) is 1.88. The summed E-state index contributed by atoms with van der Waals surface area (Å²) in [4.78, 5) is 14.4. The molecule has 5 nitrogen and oxygen atoms in total. The number of amides is 1. The first-order valence-electron chi connectivity index (χ1n) is 11.3. The number of piperidine rings is 1. The Bertz CT molecular complexity index is 952. The largest absolute Gasteiger partial charge is 0.343 e. The zero-order valence-corrected chi connectivity index (χ0v) is 18.8. The van der Waals surface area contributed by atoms with Gasteiger partial charge in [-0.1, -0.05) is 60.3 Å². The highest BCUT2D eigenvalue weighted by atomic mass is 32.2. The summed E-state index contributed by atoms with van der Waals surface area (Å²) in [6.07, 6.45) is 6.90. The monoisotopic (exact) mass is 434 g/mol. The summed E-state index contributed by atoms with van der Waals surface area (Å²) in [5.41, 5.74) is 2.31. The van der Waals surface area contributed by atoms with Gasteiger partial charge in [0, 0.05) is 37.4 Å². The summed E-state index contributed by atoms with van der Waals surface area (Å²) >= 11 is 1.72. The molecule has 0 spiro atoms. The SMILES string of the molecule is O=C(CCCCSc1nnc(Cc2ccccc2)n1-c1ccccc1)N1CCCCC1. The molecule has 1 amide bonds. The van der Waals surface area contributed by atoms with Crippen molar-refractivity contribution in [2.45, 2.75) is 50.1 Å². The number of likely N-dealkylation sites (tertiary alicyclic amines) is 1. The second-order valence-corrected chi connectivity index (χ2v) is 9.04. The molecule has 1 saturated heterocycles. The van der Waals surface area contributed by atoms with E-state index in [-0.39, 0.29) is 0 Å². The molecule has 4 rings (SSSR count). The third kappa shape index (κ3) is 5.97. The van der Waals surface area contributed by atoms with Crippen molar-refractivity contribution in [2.24, 2.45) is 0 Å². The van der Waals surface area contributed by atoms with Crippen LogP contribution in [0, 0.1) is 0 Å². The van der Waals surface area contributed by atoms with Gasteiger partial charge in [-0.25, -0.2) is 0 Å². The maximum atomic E-state index is 12.3. The molecule has 1 aromatic heterocycles. The lowest BCUT2D eigenvalue weighted by molar-refractivity contribution is -0.132. The van der Waals surface area contributed by atoms with Crippen molar-refractivity contribution >= 4 is 17.7 Å². The molecule has 162 valence electrons. The van der Waals surface area contributed by atoms with Crippen molar-refractivity contribution in [3.8, 4) is 5.69 Å². The molecule has 6 heteroatoms. The van der Waals surface area contributed by atoms with E-state index in [1.54, 1.807) is 11.8 Å². The fraction of sp³-hybridized carbons (Fsp3) is 0.400. The van der Waals surface area contributed by atoms with Gasteiger partial charge in [-0.05, 0) is 49.8 Å². The van der Waals surface area contributed by atoms with Crippen molar-refractivity contribution in [3.63, 3.8) is 0 Å². The van der Waals surface area contributed by atoms with Gasteiger partial charge in [0.2, 0.25) is 5.91 Å². The van der Waals surface area contributed by atoms with E-state index < -0.39 is 0 Å². The van der Waals surface area contributed by atoms with E-state index in [1.165, 1.54) is 12.0 Å². The van der Waals surface area contributed by atoms with Crippen LogP contribution in [0.25, 0.3) is 5.69 Å². The number of carbonyl (C=O) groups is 1. The van der Waals surface area contributed by atoms with Gasteiger partial charge in [0.1, 0.15) is 5.82 Å². The molecule has 3 aromatic rings. The molecule has 1 fully saturated rings. The summed E-state index contributed by atoms with van der Waals surface area (Å²) in [5, 5.41) is 9.92. The minimum absolute atomic E-state index is 0.322. The zero-order valence-electron chi connectivity index (χ0n) is 17.9. The number of carbonyl (C=O) groups excluding carboxylic acids is 1. The molecule has 0 atom stereocenters. The molecule has 1 aliphatic rings. The third-order valence-corrected chi connectivity index (χ3v) is 6.66. The van der Waals surface area contributed by atoms with Gasteiger partial charge < -0.3 is 4.90 Å². The normalized spacial score (nSPS) is 14.0. The van der Waals surface area contributed by atoms with E-state index in [2.05, 4.69) is 51.2 Å². The van der Waals surface area contributed by atoms with E-state index in [1.807, 2.05) is 29.2 Å². The van der Waals surface area contributed by atoms with E-state index >= 15 is 0 Å².